The van der Waals surface area contributed by atoms with Crippen molar-refractivity contribution in [2.75, 3.05) is 0 Å². The predicted octanol–water partition coefficient (Wildman–Crippen LogP) is 5.84. The molecule has 0 saturated heterocycles. The third-order valence-electron chi connectivity index (χ3n) is 6.95. The molecule has 6 rings (SSSR count). The van der Waals surface area contributed by atoms with Gasteiger partial charge in [-0.1, -0.05) is 36.4 Å². The van der Waals surface area contributed by atoms with Crippen LogP contribution < -0.4 is 0 Å². The van der Waals surface area contributed by atoms with E-state index in [1.807, 2.05) is 6.07 Å². The highest BCUT2D eigenvalue weighted by molar-refractivity contribution is 5.73. The van der Waals surface area contributed by atoms with Gasteiger partial charge in [0.05, 0.1) is 0 Å². The summed E-state index contributed by atoms with van der Waals surface area (Å²) in [5.74, 6) is 3.25. The fourth-order valence-corrected chi connectivity index (χ4v) is 6.46. The molecule has 1 nitrogen and oxygen atoms in total. The van der Waals surface area contributed by atoms with Crippen molar-refractivity contribution in [2.24, 2.45) is 17.8 Å². The highest BCUT2D eigenvalue weighted by Gasteiger charge is 2.52. The summed E-state index contributed by atoms with van der Waals surface area (Å²) in [6.45, 7) is 2.18. The van der Waals surface area contributed by atoms with Gasteiger partial charge in [-0.2, -0.15) is 0 Å². The Morgan fingerprint density at radius 2 is 1.46 bits per heavy atom. The lowest BCUT2D eigenvalue weighted by Gasteiger charge is -2.57. The minimum absolute atomic E-state index is 0.244. The third-order valence-corrected chi connectivity index (χ3v) is 6.95. The SMILES string of the molecule is Cc1cc(-c2ccccc2)c(O)c(C23CC4CC(CC(C4)C2)C3)c1. The van der Waals surface area contributed by atoms with Gasteiger partial charge >= 0.3 is 0 Å². The fraction of sp³-hybridized carbons (Fsp3) is 0.478. The summed E-state index contributed by atoms with van der Waals surface area (Å²) < 4.78 is 0. The van der Waals surface area contributed by atoms with Crippen LogP contribution in [0, 0.1) is 24.7 Å². The smallest absolute Gasteiger partial charge is 0.127 e. The molecule has 0 spiro atoms. The van der Waals surface area contributed by atoms with Gasteiger partial charge in [0.15, 0.2) is 0 Å². The molecule has 0 aromatic heterocycles. The molecule has 24 heavy (non-hydrogen) atoms. The second-order valence-corrected chi connectivity index (χ2v) is 8.77. The fourth-order valence-electron chi connectivity index (χ4n) is 6.46. The predicted molar refractivity (Wildman–Crippen MR) is 98.1 cm³/mol. The summed E-state index contributed by atoms with van der Waals surface area (Å²) in [6.07, 6.45) is 8.21. The molecule has 4 saturated carbocycles. The molecule has 2 aromatic rings. The first-order valence-electron chi connectivity index (χ1n) is 9.52. The summed E-state index contributed by atoms with van der Waals surface area (Å²) >= 11 is 0. The maximum atomic E-state index is 11.2. The minimum atomic E-state index is 0.244. The number of aromatic hydroxyl groups is 1. The van der Waals surface area contributed by atoms with Crippen LogP contribution in [0.3, 0.4) is 0 Å². The van der Waals surface area contributed by atoms with E-state index in [0.717, 1.165) is 28.9 Å². The van der Waals surface area contributed by atoms with E-state index in [-0.39, 0.29) is 5.41 Å². The molecule has 0 unspecified atom stereocenters. The first-order chi connectivity index (χ1) is 11.6. The van der Waals surface area contributed by atoms with E-state index >= 15 is 0 Å². The highest BCUT2D eigenvalue weighted by Crippen LogP contribution is 2.62. The zero-order chi connectivity index (χ0) is 16.3. The van der Waals surface area contributed by atoms with Gasteiger partial charge in [-0.25, -0.2) is 0 Å². The molecular weight excluding hydrogens is 292 g/mol. The molecule has 1 heteroatoms. The summed E-state index contributed by atoms with van der Waals surface area (Å²) in [5.41, 5.74) is 4.91. The van der Waals surface area contributed by atoms with Crippen molar-refractivity contribution >= 4 is 0 Å². The van der Waals surface area contributed by atoms with E-state index in [2.05, 4.69) is 43.3 Å². The van der Waals surface area contributed by atoms with Crippen LogP contribution in [0.15, 0.2) is 42.5 Å². The van der Waals surface area contributed by atoms with Crippen molar-refractivity contribution in [3.63, 3.8) is 0 Å². The Morgan fingerprint density at radius 1 is 0.875 bits per heavy atom. The van der Waals surface area contributed by atoms with E-state index in [0.29, 0.717) is 5.75 Å². The first kappa shape index (κ1) is 14.6. The quantitative estimate of drug-likeness (QED) is 0.738. The number of phenols is 1. The van der Waals surface area contributed by atoms with Crippen molar-refractivity contribution in [3.8, 4) is 16.9 Å². The van der Waals surface area contributed by atoms with Gasteiger partial charge in [0.25, 0.3) is 0 Å². The van der Waals surface area contributed by atoms with Crippen molar-refractivity contribution in [1.29, 1.82) is 0 Å². The van der Waals surface area contributed by atoms with E-state index < -0.39 is 0 Å². The number of hydrogen-bond acceptors (Lipinski definition) is 1. The van der Waals surface area contributed by atoms with Crippen LogP contribution in [0.1, 0.15) is 49.7 Å². The molecule has 124 valence electrons. The van der Waals surface area contributed by atoms with Crippen molar-refractivity contribution in [2.45, 2.75) is 50.9 Å². The van der Waals surface area contributed by atoms with E-state index in [1.165, 1.54) is 49.7 Å². The summed E-state index contributed by atoms with van der Waals surface area (Å²) in [5, 5.41) is 11.2. The minimum Gasteiger partial charge on any atom is -0.507 e. The Labute approximate surface area is 144 Å². The molecule has 0 aliphatic heterocycles. The Hall–Kier alpha value is -1.76. The molecule has 4 aliphatic carbocycles. The number of aryl methyl sites for hydroxylation is 1. The maximum absolute atomic E-state index is 11.2. The zero-order valence-corrected chi connectivity index (χ0v) is 14.5. The Morgan fingerprint density at radius 3 is 2.04 bits per heavy atom. The van der Waals surface area contributed by atoms with Gasteiger partial charge in [0.2, 0.25) is 0 Å². The molecule has 4 fully saturated rings. The lowest BCUT2D eigenvalue weighted by molar-refractivity contribution is -0.00612. The van der Waals surface area contributed by atoms with Gasteiger partial charge < -0.3 is 5.11 Å². The van der Waals surface area contributed by atoms with Crippen LogP contribution in [0.5, 0.6) is 5.75 Å². The van der Waals surface area contributed by atoms with Gasteiger partial charge in [-0.15, -0.1) is 0 Å². The molecule has 4 aliphatic rings. The number of rotatable bonds is 2. The Kier molecular flexibility index (Phi) is 3.11. The van der Waals surface area contributed by atoms with Crippen LogP contribution >= 0.6 is 0 Å². The number of phenolic OH excluding ortho intramolecular Hbond substituents is 1. The Balaban J connectivity index is 1.65. The number of hydrogen-bond donors (Lipinski definition) is 1. The molecule has 0 radical (unpaired) electrons. The molecule has 4 bridgehead atoms. The standard InChI is InChI=1S/C23H26O/c1-15-7-20(19-5-3-2-4-6-19)22(24)21(8-15)23-12-16-9-17(13-23)11-18(10-16)14-23/h2-8,16-18,24H,9-14H2,1H3. The number of benzene rings is 2. The second kappa shape index (κ2) is 5.12. The normalized spacial score (nSPS) is 33.8. The van der Waals surface area contributed by atoms with Crippen molar-refractivity contribution < 1.29 is 5.11 Å². The largest absolute Gasteiger partial charge is 0.507 e. The van der Waals surface area contributed by atoms with Crippen molar-refractivity contribution in [3.05, 3.63) is 53.6 Å². The van der Waals surface area contributed by atoms with Gasteiger partial charge in [-0.05, 0) is 85.8 Å². The summed E-state index contributed by atoms with van der Waals surface area (Å²) in [6, 6.07) is 14.8. The molecule has 0 atom stereocenters. The molecule has 2 aromatic carbocycles. The van der Waals surface area contributed by atoms with Crippen molar-refractivity contribution in [1.82, 2.24) is 0 Å². The third kappa shape index (κ3) is 2.13. The highest BCUT2D eigenvalue weighted by atomic mass is 16.3. The van der Waals surface area contributed by atoms with Crippen LogP contribution in [-0.4, -0.2) is 5.11 Å². The van der Waals surface area contributed by atoms with E-state index in [1.54, 1.807) is 0 Å². The molecule has 0 heterocycles. The molecule has 0 amide bonds. The van der Waals surface area contributed by atoms with Crippen LogP contribution in [0.2, 0.25) is 0 Å². The Bertz CT molecular complexity index is 739. The summed E-state index contributed by atoms with van der Waals surface area (Å²) in [4.78, 5) is 0. The van der Waals surface area contributed by atoms with E-state index in [9.17, 15) is 5.11 Å². The van der Waals surface area contributed by atoms with Gasteiger partial charge in [0.1, 0.15) is 5.75 Å². The zero-order valence-electron chi connectivity index (χ0n) is 14.5. The van der Waals surface area contributed by atoms with Crippen LogP contribution in [0.4, 0.5) is 0 Å². The average molecular weight is 318 g/mol. The lowest BCUT2D eigenvalue weighted by Crippen LogP contribution is -2.48. The van der Waals surface area contributed by atoms with E-state index in [4.69, 9.17) is 0 Å². The molecular formula is C23H26O. The summed E-state index contributed by atoms with van der Waals surface area (Å²) in [7, 11) is 0. The van der Waals surface area contributed by atoms with Gasteiger partial charge in [-0.3, -0.25) is 0 Å². The average Bonchev–Trinajstić information content (AvgIpc) is 2.56. The van der Waals surface area contributed by atoms with Gasteiger partial charge in [0, 0.05) is 11.1 Å². The lowest BCUT2D eigenvalue weighted by atomic mass is 9.48. The molecule has 1 N–H and O–H groups in total. The van der Waals surface area contributed by atoms with Crippen LogP contribution in [0.25, 0.3) is 11.1 Å². The first-order valence-corrected chi connectivity index (χ1v) is 9.52. The second-order valence-electron chi connectivity index (χ2n) is 8.77. The monoisotopic (exact) mass is 318 g/mol. The maximum Gasteiger partial charge on any atom is 0.127 e. The van der Waals surface area contributed by atoms with Crippen LogP contribution in [-0.2, 0) is 5.41 Å². The topological polar surface area (TPSA) is 20.2 Å².